The van der Waals surface area contributed by atoms with E-state index in [2.05, 4.69) is 60.7 Å². The quantitative estimate of drug-likeness (QED) is 0.626. The molecule has 0 bridgehead atoms. The summed E-state index contributed by atoms with van der Waals surface area (Å²) in [5.41, 5.74) is 5.56. The smallest absolute Gasteiger partial charge is 0.224 e. The lowest BCUT2D eigenvalue weighted by Crippen LogP contribution is -2.25. The van der Waals surface area contributed by atoms with E-state index < -0.39 is 0 Å². The van der Waals surface area contributed by atoms with Crippen LogP contribution in [0, 0.1) is 0 Å². The Labute approximate surface area is 173 Å². The van der Waals surface area contributed by atoms with Crippen molar-refractivity contribution in [1.82, 2.24) is 10.2 Å². The predicted molar refractivity (Wildman–Crippen MR) is 118 cm³/mol. The van der Waals surface area contributed by atoms with Gasteiger partial charge >= 0.3 is 0 Å². The van der Waals surface area contributed by atoms with Crippen LogP contribution in [0.5, 0.6) is 5.75 Å². The van der Waals surface area contributed by atoms with Gasteiger partial charge in [0.2, 0.25) is 5.91 Å². The van der Waals surface area contributed by atoms with E-state index in [0.717, 1.165) is 34.5 Å². The third-order valence-electron chi connectivity index (χ3n) is 4.80. The van der Waals surface area contributed by atoms with Crippen LogP contribution >= 0.6 is 0 Å². The zero-order chi connectivity index (χ0) is 20.6. The minimum absolute atomic E-state index is 0.0226. The molecule has 0 fully saturated rings. The first-order chi connectivity index (χ1) is 14.1. The molecule has 1 N–H and O–H groups in total. The van der Waals surface area contributed by atoms with E-state index in [0.29, 0.717) is 13.0 Å². The molecule has 3 aromatic carbocycles. The number of rotatable bonds is 8. The van der Waals surface area contributed by atoms with Gasteiger partial charge in [0.1, 0.15) is 5.75 Å². The number of nitrogens with zero attached hydrogens (tertiary/aromatic N) is 1. The molecule has 150 valence electrons. The second-order valence-corrected chi connectivity index (χ2v) is 7.36. The minimum atomic E-state index is -0.0226. The number of benzene rings is 3. The fourth-order valence-corrected chi connectivity index (χ4v) is 3.39. The van der Waals surface area contributed by atoms with Gasteiger partial charge in [0.25, 0.3) is 0 Å². The number of carbonyl (C=O) groups is 1. The molecule has 4 nitrogen and oxygen atoms in total. The third kappa shape index (κ3) is 5.69. The van der Waals surface area contributed by atoms with E-state index in [-0.39, 0.29) is 5.91 Å². The van der Waals surface area contributed by atoms with Crippen molar-refractivity contribution in [3.8, 4) is 16.9 Å². The number of nitrogens with one attached hydrogen (secondary N) is 1. The third-order valence-corrected chi connectivity index (χ3v) is 4.80. The molecule has 0 aliphatic heterocycles. The summed E-state index contributed by atoms with van der Waals surface area (Å²) in [7, 11) is 5.75. The van der Waals surface area contributed by atoms with Crippen molar-refractivity contribution in [3.63, 3.8) is 0 Å². The van der Waals surface area contributed by atoms with Gasteiger partial charge in [-0.1, -0.05) is 66.7 Å². The molecule has 0 heterocycles. The monoisotopic (exact) mass is 388 g/mol. The summed E-state index contributed by atoms with van der Waals surface area (Å²) in [5, 5.41) is 3.05. The normalized spacial score (nSPS) is 10.8. The number of methoxy groups -OCH3 is 1. The van der Waals surface area contributed by atoms with Crippen LogP contribution in [-0.4, -0.2) is 32.0 Å². The van der Waals surface area contributed by atoms with Gasteiger partial charge < -0.3 is 15.0 Å². The Morgan fingerprint density at radius 2 is 1.55 bits per heavy atom. The Morgan fingerprint density at radius 3 is 2.24 bits per heavy atom. The molecule has 0 atom stereocenters. The molecule has 0 unspecified atom stereocenters. The van der Waals surface area contributed by atoms with Gasteiger partial charge in [-0.3, -0.25) is 4.79 Å². The minimum Gasteiger partial charge on any atom is -0.496 e. The zero-order valence-electron chi connectivity index (χ0n) is 17.3. The largest absolute Gasteiger partial charge is 0.496 e. The fraction of sp³-hybridized carbons (Fsp3) is 0.240. The zero-order valence-corrected chi connectivity index (χ0v) is 17.3. The molecule has 0 radical (unpaired) electrons. The Kier molecular flexibility index (Phi) is 7.04. The highest BCUT2D eigenvalue weighted by atomic mass is 16.5. The molecule has 3 rings (SSSR count). The van der Waals surface area contributed by atoms with Gasteiger partial charge in [-0.2, -0.15) is 0 Å². The Hall–Kier alpha value is -3.11. The second kappa shape index (κ2) is 9.89. The van der Waals surface area contributed by atoms with Crippen molar-refractivity contribution in [2.24, 2.45) is 0 Å². The first-order valence-electron chi connectivity index (χ1n) is 9.77. The number of hydrogen-bond acceptors (Lipinski definition) is 3. The maximum Gasteiger partial charge on any atom is 0.224 e. The molecule has 0 saturated heterocycles. The summed E-state index contributed by atoms with van der Waals surface area (Å²) < 4.78 is 5.34. The number of carbonyl (C=O) groups excluding carboxylic acids is 1. The summed E-state index contributed by atoms with van der Waals surface area (Å²) in [6.07, 6.45) is 0.297. The van der Waals surface area contributed by atoms with Crippen molar-refractivity contribution in [2.45, 2.75) is 19.5 Å². The van der Waals surface area contributed by atoms with Crippen LogP contribution in [0.4, 0.5) is 0 Å². The lowest BCUT2D eigenvalue weighted by molar-refractivity contribution is -0.120. The number of para-hydroxylation sites is 1. The molecule has 4 heteroatoms. The Morgan fingerprint density at radius 1 is 0.897 bits per heavy atom. The first-order valence-corrected chi connectivity index (χ1v) is 9.77. The highest BCUT2D eigenvalue weighted by Gasteiger charge is 2.10. The van der Waals surface area contributed by atoms with Crippen molar-refractivity contribution < 1.29 is 9.53 Å². The van der Waals surface area contributed by atoms with E-state index in [1.165, 1.54) is 5.56 Å². The highest BCUT2D eigenvalue weighted by Crippen LogP contribution is 2.24. The van der Waals surface area contributed by atoms with Crippen LogP contribution in [0.1, 0.15) is 16.7 Å². The summed E-state index contributed by atoms with van der Waals surface area (Å²) in [5.74, 6) is 0.714. The van der Waals surface area contributed by atoms with Crippen molar-refractivity contribution >= 4 is 5.91 Å². The van der Waals surface area contributed by atoms with Crippen LogP contribution in [0.2, 0.25) is 0 Å². The predicted octanol–water partition coefficient (Wildman–Crippen LogP) is 4.28. The van der Waals surface area contributed by atoms with Gasteiger partial charge in [0.05, 0.1) is 13.5 Å². The topological polar surface area (TPSA) is 41.6 Å². The molecular weight excluding hydrogens is 360 g/mol. The number of hydrogen-bond donors (Lipinski definition) is 1. The molecule has 0 aliphatic rings. The molecule has 0 aromatic heterocycles. The molecule has 0 aliphatic carbocycles. The highest BCUT2D eigenvalue weighted by molar-refractivity contribution is 5.79. The van der Waals surface area contributed by atoms with Gasteiger partial charge in [0.15, 0.2) is 0 Å². The maximum atomic E-state index is 12.5. The van der Waals surface area contributed by atoms with Crippen LogP contribution in [-0.2, 0) is 24.3 Å². The van der Waals surface area contributed by atoms with E-state index in [9.17, 15) is 4.79 Å². The molecule has 29 heavy (non-hydrogen) atoms. The standard InChI is InChI=1S/C25H28N2O2/c1-27(2)18-19-12-14-20(15-13-19)23-10-6-4-9-22(23)17-26-25(28)16-21-8-5-7-11-24(21)29-3/h4-15H,16-18H2,1-3H3,(H,26,28). The Balaban J connectivity index is 1.68. The summed E-state index contributed by atoms with van der Waals surface area (Å²) >= 11 is 0. The summed E-state index contributed by atoms with van der Waals surface area (Å²) in [6.45, 7) is 1.41. The van der Waals surface area contributed by atoms with Crippen LogP contribution < -0.4 is 10.1 Å². The number of amides is 1. The first kappa shape index (κ1) is 20.6. The molecular formula is C25H28N2O2. The van der Waals surface area contributed by atoms with Crippen LogP contribution in [0.3, 0.4) is 0 Å². The van der Waals surface area contributed by atoms with Crippen LogP contribution in [0.15, 0.2) is 72.8 Å². The van der Waals surface area contributed by atoms with Crippen molar-refractivity contribution in [3.05, 3.63) is 89.5 Å². The summed E-state index contributed by atoms with van der Waals surface area (Å²) in [4.78, 5) is 14.6. The fourth-order valence-electron chi connectivity index (χ4n) is 3.39. The lowest BCUT2D eigenvalue weighted by Gasteiger charge is -2.13. The van der Waals surface area contributed by atoms with Gasteiger partial charge in [-0.25, -0.2) is 0 Å². The van der Waals surface area contributed by atoms with E-state index in [1.807, 2.05) is 36.4 Å². The molecule has 0 saturated carbocycles. The van der Waals surface area contributed by atoms with Crippen LogP contribution in [0.25, 0.3) is 11.1 Å². The van der Waals surface area contributed by atoms with Gasteiger partial charge in [0, 0.05) is 18.7 Å². The van der Waals surface area contributed by atoms with E-state index in [4.69, 9.17) is 4.74 Å². The average Bonchev–Trinajstić information content (AvgIpc) is 2.73. The van der Waals surface area contributed by atoms with E-state index >= 15 is 0 Å². The molecule has 0 spiro atoms. The number of ether oxygens (including phenoxy) is 1. The van der Waals surface area contributed by atoms with Gasteiger partial charge in [-0.05, 0) is 42.4 Å². The maximum absolute atomic E-state index is 12.5. The van der Waals surface area contributed by atoms with Crippen molar-refractivity contribution in [2.75, 3.05) is 21.2 Å². The SMILES string of the molecule is COc1ccccc1CC(=O)NCc1ccccc1-c1ccc(CN(C)C)cc1. The average molecular weight is 389 g/mol. The Bertz CT molecular complexity index is 949. The molecule has 3 aromatic rings. The van der Waals surface area contributed by atoms with Gasteiger partial charge in [-0.15, -0.1) is 0 Å². The lowest BCUT2D eigenvalue weighted by atomic mass is 9.98. The van der Waals surface area contributed by atoms with Crippen molar-refractivity contribution in [1.29, 1.82) is 0 Å². The van der Waals surface area contributed by atoms with E-state index in [1.54, 1.807) is 7.11 Å². The second-order valence-electron chi connectivity index (χ2n) is 7.36. The molecule has 1 amide bonds. The summed E-state index contributed by atoms with van der Waals surface area (Å²) in [6, 6.07) is 24.4.